The van der Waals surface area contributed by atoms with E-state index in [1.807, 2.05) is 0 Å². The summed E-state index contributed by atoms with van der Waals surface area (Å²) in [5, 5.41) is 95.3. The van der Waals surface area contributed by atoms with Crippen LogP contribution in [0.5, 0.6) is 57.5 Å². The van der Waals surface area contributed by atoms with E-state index in [-0.39, 0.29) is 50.5 Å². The second kappa shape index (κ2) is 10.6. The van der Waals surface area contributed by atoms with Crippen molar-refractivity contribution in [1.82, 2.24) is 0 Å². The van der Waals surface area contributed by atoms with Gasteiger partial charge in [-0.15, -0.1) is 0 Å². The molecule has 0 atom stereocenters. The Morgan fingerprint density at radius 2 is 0.818 bits per heavy atom. The van der Waals surface area contributed by atoms with Crippen molar-refractivity contribution in [2.24, 2.45) is 0 Å². The summed E-state index contributed by atoms with van der Waals surface area (Å²) in [7, 11) is 0. The van der Waals surface area contributed by atoms with Crippen molar-refractivity contribution in [2.45, 2.75) is 0 Å². The Kier molecular flexibility index (Phi) is 6.95. The Morgan fingerprint density at radius 1 is 0.409 bits per heavy atom. The number of phenols is 8. The normalized spacial score (nSPS) is 10.9. The fourth-order valence-electron chi connectivity index (χ4n) is 4.29. The van der Waals surface area contributed by atoms with Gasteiger partial charge in [0.05, 0.1) is 0 Å². The molecule has 4 aromatic carbocycles. The highest BCUT2D eigenvalue weighted by molar-refractivity contribution is 5.89. The monoisotopic (exact) mass is 604 g/mol. The van der Waals surface area contributed by atoms with Crippen molar-refractivity contribution in [3.63, 3.8) is 0 Å². The molecule has 0 bridgehead atoms. The molecule has 10 N–H and O–H groups in total. The third-order valence-corrected chi connectivity index (χ3v) is 6.33. The molecule has 2 heterocycles. The second-order valence-electron chi connectivity index (χ2n) is 9.30. The Bertz CT molecular complexity index is 2190. The van der Waals surface area contributed by atoms with Crippen LogP contribution in [0.4, 0.5) is 0 Å². The Morgan fingerprint density at radius 3 is 1.25 bits per heavy atom. The van der Waals surface area contributed by atoms with Gasteiger partial charge >= 0.3 is 0 Å². The van der Waals surface area contributed by atoms with Crippen LogP contribution in [0.25, 0.3) is 44.6 Å². The third kappa shape index (κ3) is 4.98. The van der Waals surface area contributed by atoms with Gasteiger partial charge in [-0.3, -0.25) is 9.59 Å². The molecule has 6 rings (SSSR count). The van der Waals surface area contributed by atoms with Crippen molar-refractivity contribution in [2.75, 3.05) is 0 Å². The first-order valence-corrected chi connectivity index (χ1v) is 12.2. The molecule has 0 fully saturated rings. The summed E-state index contributed by atoms with van der Waals surface area (Å²) in [5.41, 5.74) is -1.78. The van der Waals surface area contributed by atoms with Crippen LogP contribution >= 0.6 is 0 Å². The average Bonchev–Trinajstić information content (AvgIpc) is 2.95. The summed E-state index contributed by atoms with van der Waals surface area (Å²) in [6.07, 6.45) is 0. The number of fused-ring (bicyclic) bond motifs is 2. The van der Waals surface area contributed by atoms with E-state index in [2.05, 4.69) is 0 Å². The van der Waals surface area contributed by atoms with Crippen molar-refractivity contribution >= 4 is 21.9 Å². The van der Waals surface area contributed by atoms with Gasteiger partial charge in [0.1, 0.15) is 50.7 Å². The Labute approximate surface area is 243 Å². The molecule has 14 nitrogen and oxygen atoms in total. The molecule has 0 radical (unpaired) electrons. The molecule has 0 saturated carbocycles. The average molecular weight is 604 g/mol. The minimum absolute atomic E-state index is 0.0247. The molecule has 0 amide bonds. The minimum atomic E-state index is -0.967. The zero-order valence-electron chi connectivity index (χ0n) is 21.9. The van der Waals surface area contributed by atoms with E-state index >= 15 is 0 Å². The molecule has 0 aliphatic rings. The van der Waals surface area contributed by atoms with Crippen molar-refractivity contribution < 1.29 is 59.9 Å². The van der Waals surface area contributed by atoms with Gasteiger partial charge in [-0.2, -0.15) is 0 Å². The predicted octanol–water partition coefficient (Wildman–Crippen LogP) is 3.98. The van der Waals surface area contributed by atoms with Gasteiger partial charge in [0.2, 0.25) is 22.4 Å². The van der Waals surface area contributed by atoms with Crippen LogP contribution in [0.1, 0.15) is 0 Å². The van der Waals surface area contributed by atoms with Gasteiger partial charge < -0.3 is 59.9 Å². The van der Waals surface area contributed by atoms with E-state index in [1.54, 1.807) is 0 Å². The maximum atomic E-state index is 12.2. The third-order valence-electron chi connectivity index (χ3n) is 6.33. The summed E-state index contributed by atoms with van der Waals surface area (Å²) in [6, 6.07) is 11.7. The molecule has 6 aromatic rings. The smallest absolute Gasteiger partial charge is 0.238 e. The highest BCUT2D eigenvalue weighted by atomic mass is 16.4. The summed E-state index contributed by atoms with van der Waals surface area (Å²) < 4.78 is 10.7. The van der Waals surface area contributed by atoms with Crippen molar-refractivity contribution in [3.05, 3.63) is 81.1 Å². The van der Waals surface area contributed by atoms with Gasteiger partial charge in [0.15, 0.2) is 28.8 Å². The zero-order valence-corrected chi connectivity index (χ0v) is 21.9. The first-order chi connectivity index (χ1) is 20.8. The first kappa shape index (κ1) is 28.8. The van der Waals surface area contributed by atoms with Gasteiger partial charge in [0.25, 0.3) is 0 Å². The number of phenolic OH excluding ortho intramolecular Hbond substituents is 8. The van der Waals surface area contributed by atoms with Gasteiger partial charge in [0, 0.05) is 35.4 Å². The summed E-state index contributed by atoms with van der Waals surface area (Å²) in [5.74, 6) is -5.90. The maximum absolute atomic E-state index is 12.2. The lowest BCUT2D eigenvalue weighted by molar-refractivity contribution is 0.368. The fourth-order valence-corrected chi connectivity index (χ4v) is 4.29. The number of rotatable bonds is 2. The van der Waals surface area contributed by atoms with E-state index in [1.165, 1.54) is 30.3 Å². The predicted molar refractivity (Wildman–Crippen MR) is 152 cm³/mol. The number of hydrogen-bond acceptors (Lipinski definition) is 14. The molecule has 44 heavy (non-hydrogen) atoms. The largest absolute Gasteiger partial charge is 0.508 e. The highest BCUT2D eigenvalue weighted by Crippen LogP contribution is 2.42. The van der Waals surface area contributed by atoms with Crippen molar-refractivity contribution in [1.29, 1.82) is 0 Å². The van der Waals surface area contributed by atoms with Crippen LogP contribution in [-0.4, -0.2) is 51.1 Å². The minimum Gasteiger partial charge on any atom is -0.508 e. The SMILES string of the molecule is O=c1c(O)c(-c2cc(O)c(O)c(O)c2)oc2cc(O)cc(O)c12.O=c1c(O)c(-c2ccc(O)cc2)oc2cc(O)cc(O)c12. The van der Waals surface area contributed by atoms with Crippen molar-refractivity contribution in [3.8, 4) is 80.1 Å². The molecule has 224 valence electrons. The van der Waals surface area contributed by atoms with E-state index in [0.717, 1.165) is 30.3 Å². The molecule has 0 unspecified atom stereocenters. The lowest BCUT2D eigenvalue weighted by atomic mass is 10.1. The fraction of sp³-hybridized carbons (Fsp3) is 0. The Hall–Kier alpha value is -6.70. The van der Waals surface area contributed by atoms with Crippen LogP contribution in [0.15, 0.2) is 79.1 Å². The molecule has 0 aliphatic heterocycles. The van der Waals surface area contributed by atoms with Gasteiger partial charge in [-0.25, -0.2) is 0 Å². The van der Waals surface area contributed by atoms with E-state index in [4.69, 9.17) is 8.83 Å². The number of aromatic hydroxyl groups is 10. The Balaban J connectivity index is 0.000000175. The molecule has 0 saturated heterocycles. The molecule has 2 aromatic heterocycles. The van der Waals surface area contributed by atoms with Crippen LogP contribution < -0.4 is 10.9 Å². The summed E-state index contributed by atoms with van der Waals surface area (Å²) in [4.78, 5) is 24.3. The lowest BCUT2D eigenvalue weighted by Crippen LogP contribution is -2.03. The second-order valence-corrected chi connectivity index (χ2v) is 9.30. The quantitative estimate of drug-likeness (QED) is 0.125. The zero-order chi connectivity index (χ0) is 32.0. The van der Waals surface area contributed by atoms with E-state index in [9.17, 15) is 60.7 Å². The molecular formula is C30H20O14. The lowest BCUT2D eigenvalue weighted by Gasteiger charge is -2.09. The first-order valence-electron chi connectivity index (χ1n) is 12.2. The van der Waals surface area contributed by atoms with Crippen LogP contribution in [-0.2, 0) is 0 Å². The molecule has 0 spiro atoms. The van der Waals surface area contributed by atoms with Gasteiger partial charge in [-0.1, -0.05) is 0 Å². The number of benzene rings is 4. The summed E-state index contributed by atoms with van der Waals surface area (Å²) in [6.45, 7) is 0. The molecule has 0 aliphatic carbocycles. The van der Waals surface area contributed by atoms with E-state index < -0.39 is 56.9 Å². The topological polar surface area (TPSA) is 263 Å². The number of hydrogen-bond donors (Lipinski definition) is 10. The van der Waals surface area contributed by atoms with Gasteiger partial charge in [-0.05, 0) is 36.4 Å². The van der Waals surface area contributed by atoms with Crippen LogP contribution in [0, 0.1) is 0 Å². The summed E-state index contributed by atoms with van der Waals surface area (Å²) >= 11 is 0. The standard InChI is InChI=1S/C15H10O8.C15H10O6/c16-6-3-7(17)11-10(4-6)23-15(14(22)13(11)21)5-1-8(18)12(20)9(19)2-5;16-8-3-1-7(2-4-8)15-14(20)13(19)12-10(18)5-9(17)6-11(12)21-15/h1-4,16-20,22H;1-6,16-18,20H. The molecular weight excluding hydrogens is 584 g/mol. The van der Waals surface area contributed by atoms with Crippen LogP contribution in [0.2, 0.25) is 0 Å². The maximum Gasteiger partial charge on any atom is 0.238 e. The van der Waals surface area contributed by atoms with Crippen LogP contribution in [0.3, 0.4) is 0 Å². The highest BCUT2D eigenvalue weighted by Gasteiger charge is 2.21. The van der Waals surface area contributed by atoms with E-state index in [0.29, 0.717) is 5.56 Å². The molecule has 14 heteroatoms.